The molecule has 100 valence electrons. The molecule has 0 aliphatic heterocycles. The molecule has 2 heterocycles. The monoisotopic (exact) mass is 272 g/mol. The van der Waals surface area contributed by atoms with Crippen LogP contribution in [0.4, 0.5) is 0 Å². The van der Waals surface area contributed by atoms with Crippen molar-refractivity contribution in [3.63, 3.8) is 0 Å². The van der Waals surface area contributed by atoms with E-state index in [1.54, 1.807) is 12.5 Å². The summed E-state index contributed by atoms with van der Waals surface area (Å²) in [5, 5.41) is 9.81. The molecule has 0 unspecified atom stereocenters. The number of hydrogen-bond donors (Lipinski definition) is 0. The van der Waals surface area contributed by atoms with Gasteiger partial charge in [0.1, 0.15) is 6.33 Å². The highest BCUT2D eigenvalue weighted by Gasteiger charge is 2.13. The van der Waals surface area contributed by atoms with Crippen molar-refractivity contribution in [2.45, 2.75) is 0 Å². The van der Waals surface area contributed by atoms with Crippen LogP contribution >= 0.6 is 0 Å². The van der Waals surface area contributed by atoms with Crippen molar-refractivity contribution < 1.29 is 0 Å². The first kappa shape index (κ1) is 11.8. The lowest BCUT2D eigenvalue weighted by molar-refractivity contribution is 0.935. The van der Waals surface area contributed by atoms with Crippen LogP contribution in [-0.4, -0.2) is 19.7 Å². The zero-order valence-electron chi connectivity index (χ0n) is 11.2. The maximum atomic E-state index is 4.40. The molecule has 4 rings (SSSR count). The maximum absolute atomic E-state index is 4.40. The van der Waals surface area contributed by atoms with Crippen LogP contribution in [0, 0.1) is 0 Å². The molecule has 0 bridgehead atoms. The Balaban J connectivity index is 2.11. The van der Waals surface area contributed by atoms with Crippen LogP contribution in [0.15, 0.2) is 73.3 Å². The van der Waals surface area contributed by atoms with E-state index in [0.29, 0.717) is 0 Å². The first-order valence-corrected chi connectivity index (χ1v) is 6.72. The van der Waals surface area contributed by atoms with Gasteiger partial charge < -0.3 is 0 Å². The predicted molar refractivity (Wildman–Crippen MR) is 82.1 cm³/mol. The molecule has 21 heavy (non-hydrogen) atoms. The van der Waals surface area contributed by atoms with Gasteiger partial charge >= 0.3 is 0 Å². The first-order chi connectivity index (χ1) is 10.4. The summed E-state index contributed by atoms with van der Waals surface area (Å²) in [7, 11) is 0. The second-order valence-corrected chi connectivity index (χ2v) is 4.75. The quantitative estimate of drug-likeness (QED) is 0.561. The normalized spacial score (nSPS) is 10.9. The van der Waals surface area contributed by atoms with E-state index < -0.39 is 0 Å². The molecule has 0 spiro atoms. The summed E-state index contributed by atoms with van der Waals surface area (Å²) >= 11 is 0. The number of nitrogens with zero attached hydrogens (tertiary/aromatic N) is 4. The summed E-state index contributed by atoms with van der Waals surface area (Å²) in [6, 6.07) is 18.3. The molecule has 0 saturated carbocycles. The lowest BCUT2D eigenvalue weighted by Gasteiger charge is -2.11. The van der Waals surface area contributed by atoms with Gasteiger partial charge in [-0.05, 0) is 11.6 Å². The van der Waals surface area contributed by atoms with E-state index in [2.05, 4.69) is 33.4 Å². The molecule has 4 heteroatoms. The minimum Gasteiger partial charge on any atom is -0.288 e. The van der Waals surface area contributed by atoms with Crippen molar-refractivity contribution in [1.29, 1.82) is 0 Å². The van der Waals surface area contributed by atoms with E-state index >= 15 is 0 Å². The largest absolute Gasteiger partial charge is 0.288 e. The van der Waals surface area contributed by atoms with Crippen LogP contribution in [0.1, 0.15) is 0 Å². The molecular formula is C17H12N4. The Kier molecular flexibility index (Phi) is 2.71. The molecule has 0 aliphatic rings. The van der Waals surface area contributed by atoms with Crippen LogP contribution in [0.2, 0.25) is 0 Å². The van der Waals surface area contributed by atoms with Gasteiger partial charge in [-0.25, -0.2) is 4.98 Å². The first-order valence-electron chi connectivity index (χ1n) is 6.72. The Hall–Kier alpha value is -3.01. The molecule has 0 fully saturated rings. The number of aromatic nitrogens is 4. The van der Waals surface area contributed by atoms with Crippen molar-refractivity contribution in [1.82, 2.24) is 19.7 Å². The topological polar surface area (TPSA) is 43.6 Å². The van der Waals surface area contributed by atoms with Gasteiger partial charge in [0.25, 0.3) is 0 Å². The van der Waals surface area contributed by atoms with Gasteiger partial charge in [0.05, 0.1) is 5.52 Å². The smallest absolute Gasteiger partial charge is 0.169 e. The average Bonchev–Trinajstić information content (AvgIpc) is 3.09. The van der Waals surface area contributed by atoms with Gasteiger partial charge in [-0.2, -0.15) is 0 Å². The van der Waals surface area contributed by atoms with Crippen LogP contribution in [0.3, 0.4) is 0 Å². The fourth-order valence-corrected chi connectivity index (χ4v) is 2.50. The molecule has 2 aromatic carbocycles. The second-order valence-electron chi connectivity index (χ2n) is 4.75. The van der Waals surface area contributed by atoms with E-state index in [1.807, 2.05) is 47.2 Å². The minimum absolute atomic E-state index is 0.789. The molecule has 4 nitrogen and oxygen atoms in total. The Bertz CT molecular complexity index is 883. The van der Waals surface area contributed by atoms with Gasteiger partial charge in [-0.1, -0.05) is 48.5 Å². The molecule has 4 aromatic rings. The van der Waals surface area contributed by atoms with Crippen LogP contribution < -0.4 is 0 Å². The molecular weight excluding hydrogens is 260 g/mol. The van der Waals surface area contributed by atoms with E-state index in [-0.39, 0.29) is 0 Å². The second kappa shape index (κ2) is 4.83. The number of rotatable bonds is 2. The summed E-state index contributed by atoms with van der Waals surface area (Å²) in [5.74, 6) is 0.789. The average molecular weight is 272 g/mol. The van der Waals surface area contributed by atoms with Gasteiger partial charge in [0.2, 0.25) is 0 Å². The fraction of sp³-hybridized carbons (Fsp3) is 0. The van der Waals surface area contributed by atoms with E-state index in [4.69, 9.17) is 0 Å². The Labute approximate surface area is 121 Å². The number of hydrogen-bond acceptors (Lipinski definition) is 3. The lowest BCUT2D eigenvalue weighted by atomic mass is 10.0. The molecule has 0 saturated heterocycles. The van der Waals surface area contributed by atoms with Gasteiger partial charge in [-0.3, -0.25) is 4.57 Å². The van der Waals surface area contributed by atoms with Crippen LogP contribution in [-0.2, 0) is 0 Å². The minimum atomic E-state index is 0.789. The number of imidazole rings is 1. The third kappa shape index (κ3) is 1.97. The summed E-state index contributed by atoms with van der Waals surface area (Å²) < 4.78 is 1.89. The molecule has 2 aromatic heterocycles. The zero-order valence-corrected chi connectivity index (χ0v) is 11.2. The highest BCUT2D eigenvalue weighted by Crippen LogP contribution is 2.31. The molecule has 0 radical (unpaired) electrons. The van der Waals surface area contributed by atoms with E-state index in [1.165, 1.54) is 0 Å². The summed E-state index contributed by atoms with van der Waals surface area (Å²) in [6.45, 7) is 0. The SMILES string of the molecule is c1ccc(-c2c(-n3ccnc3)nnc3ccccc23)cc1. The van der Waals surface area contributed by atoms with Crippen molar-refractivity contribution in [3.05, 3.63) is 73.3 Å². The standard InChI is InChI=1S/C17H12N4/c1-2-6-13(7-3-1)16-14-8-4-5-9-15(14)19-20-17(16)21-11-10-18-12-21/h1-12H. The molecule has 0 N–H and O–H groups in total. The van der Waals surface area contributed by atoms with E-state index in [0.717, 1.165) is 27.8 Å². The molecule has 0 amide bonds. The van der Waals surface area contributed by atoms with Gasteiger partial charge in [0, 0.05) is 23.3 Å². The lowest BCUT2D eigenvalue weighted by Crippen LogP contribution is -2.01. The highest BCUT2D eigenvalue weighted by atomic mass is 15.2. The Morgan fingerprint density at radius 3 is 2.43 bits per heavy atom. The maximum Gasteiger partial charge on any atom is 0.169 e. The summed E-state index contributed by atoms with van der Waals surface area (Å²) in [6.07, 6.45) is 5.36. The molecule has 0 atom stereocenters. The zero-order chi connectivity index (χ0) is 14.1. The Morgan fingerprint density at radius 2 is 1.62 bits per heavy atom. The third-order valence-corrected chi connectivity index (χ3v) is 3.46. The Morgan fingerprint density at radius 1 is 0.810 bits per heavy atom. The van der Waals surface area contributed by atoms with Crippen LogP contribution in [0.5, 0.6) is 0 Å². The van der Waals surface area contributed by atoms with Gasteiger partial charge in [0.15, 0.2) is 5.82 Å². The van der Waals surface area contributed by atoms with Crippen molar-refractivity contribution in [2.24, 2.45) is 0 Å². The van der Waals surface area contributed by atoms with Gasteiger partial charge in [-0.15, -0.1) is 10.2 Å². The number of fused-ring (bicyclic) bond motifs is 1. The highest BCUT2D eigenvalue weighted by molar-refractivity contribution is 5.97. The van der Waals surface area contributed by atoms with Crippen molar-refractivity contribution >= 4 is 10.9 Å². The van der Waals surface area contributed by atoms with Crippen molar-refractivity contribution in [3.8, 4) is 16.9 Å². The predicted octanol–water partition coefficient (Wildman–Crippen LogP) is 3.48. The van der Waals surface area contributed by atoms with E-state index in [9.17, 15) is 0 Å². The van der Waals surface area contributed by atoms with Crippen LogP contribution in [0.25, 0.3) is 27.8 Å². The third-order valence-electron chi connectivity index (χ3n) is 3.46. The van der Waals surface area contributed by atoms with Crippen molar-refractivity contribution in [2.75, 3.05) is 0 Å². The fourth-order valence-electron chi connectivity index (χ4n) is 2.50. The summed E-state index contributed by atoms with van der Waals surface area (Å²) in [4.78, 5) is 4.11. The molecule has 0 aliphatic carbocycles. The number of benzene rings is 2. The summed E-state index contributed by atoms with van der Waals surface area (Å²) in [5.41, 5.74) is 3.08.